The molecule has 0 bridgehead atoms. The highest BCUT2D eigenvalue weighted by atomic mass is 19.4. The van der Waals surface area contributed by atoms with Gasteiger partial charge in [-0.15, -0.1) is 13.2 Å². The summed E-state index contributed by atoms with van der Waals surface area (Å²) in [6.07, 6.45) is -4.69. The van der Waals surface area contributed by atoms with Crippen LogP contribution in [0.15, 0.2) is 24.3 Å². The second kappa shape index (κ2) is 8.03. The second-order valence-electron chi connectivity index (χ2n) is 4.90. The van der Waals surface area contributed by atoms with Crippen LogP contribution in [0.25, 0.3) is 0 Å². The van der Waals surface area contributed by atoms with Crippen molar-refractivity contribution in [2.24, 2.45) is 5.92 Å². The van der Waals surface area contributed by atoms with Crippen LogP contribution in [0.5, 0.6) is 5.75 Å². The maximum Gasteiger partial charge on any atom is 0.573 e. The van der Waals surface area contributed by atoms with Crippen LogP contribution in [0.2, 0.25) is 0 Å². The lowest BCUT2D eigenvalue weighted by atomic mass is 10.0. The van der Waals surface area contributed by atoms with Crippen molar-refractivity contribution in [3.63, 3.8) is 0 Å². The first-order chi connectivity index (χ1) is 10.2. The Labute approximate surface area is 127 Å². The van der Waals surface area contributed by atoms with Crippen LogP contribution in [0.4, 0.5) is 13.2 Å². The minimum atomic E-state index is -4.69. The van der Waals surface area contributed by atoms with E-state index in [1.54, 1.807) is 13.8 Å². The van der Waals surface area contributed by atoms with Gasteiger partial charge in [0, 0.05) is 12.6 Å². The summed E-state index contributed by atoms with van der Waals surface area (Å²) in [4.78, 5) is 11.6. The molecule has 124 valence electrons. The molecular weight excluding hydrogens is 299 g/mol. The van der Waals surface area contributed by atoms with E-state index in [-0.39, 0.29) is 23.7 Å². The monoisotopic (exact) mass is 319 g/mol. The number of carbonyl (C=O) groups is 1. The van der Waals surface area contributed by atoms with E-state index in [9.17, 15) is 18.0 Å². The van der Waals surface area contributed by atoms with Crippen molar-refractivity contribution in [2.45, 2.75) is 39.7 Å². The fourth-order valence-corrected chi connectivity index (χ4v) is 1.74. The summed E-state index contributed by atoms with van der Waals surface area (Å²) in [6.45, 7) is 6.11. The minimum absolute atomic E-state index is 0.120. The van der Waals surface area contributed by atoms with Crippen LogP contribution in [0.3, 0.4) is 0 Å². The number of esters is 1. The first-order valence-electron chi connectivity index (χ1n) is 6.97. The maximum absolute atomic E-state index is 12.0. The van der Waals surface area contributed by atoms with Crippen LogP contribution in [-0.2, 0) is 16.1 Å². The van der Waals surface area contributed by atoms with E-state index in [1.165, 1.54) is 24.3 Å². The Bertz CT molecular complexity index is 474. The van der Waals surface area contributed by atoms with Gasteiger partial charge < -0.3 is 14.8 Å². The molecule has 0 spiro atoms. The van der Waals surface area contributed by atoms with E-state index in [2.05, 4.69) is 10.1 Å². The van der Waals surface area contributed by atoms with Crippen molar-refractivity contribution in [3.05, 3.63) is 29.8 Å². The molecule has 7 heteroatoms. The van der Waals surface area contributed by atoms with Crippen LogP contribution >= 0.6 is 0 Å². The molecule has 0 aliphatic heterocycles. The average molecular weight is 319 g/mol. The molecular formula is C15H20F3NO3. The molecule has 0 amide bonds. The molecule has 0 radical (unpaired) electrons. The largest absolute Gasteiger partial charge is 0.573 e. The highest BCUT2D eigenvalue weighted by Crippen LogP contribution is 2.22. The topological polar surface area (TPSA) is 47.6 Å². The molecule has 1 aromatic carbocycles. The third kappa shape index (κ3) is 6.34. The van der Waals surface area contributed by atoms with Crippen molar-refractivity contribution in [1.82, 2.24) is 5.32 Å². The Kier molecular flexibility index (Phi) is 6.67. The zero-order valence-corrected chi connectivity index (χ0v) is 12.7. The van der Waals surface area contributed by atoms with Crippen molar-refractivity contribution in [1.29, 1.82) is 0 Å². The van der Waals surface area contributed by atoms with Gasteiger partial charge in [0.25, 0.3) is 0 Å². The lowest BCUT2D eigenvalue weighted by Gasteiger charge is -2.20. The van der Waals surface area contributed by atoms with Crippen molar-refractivity contribution >= 4 is 5.97 Å². The number of rotatable bonds is 7. The van der Waals surface area contributed by atoms with Crippen LogP contribution in [-0.4, -0.2) is 25.0 Å². The Morgan fingerprint density at radius 2 is 1.82 bits per heavy atom. The maximum atomic E-state index is 12.0. The van der Waals surface area contributed by atoms with Gasteiger partial charge in [0.1, 0.15) is 5.75 Å². The quantitative estimate of drug-likeness (QED) is 0.784. The molecule has 0 aliphatic carbocycles. The van der Waals surface area contributed by atoms with Gasteiger partial charge in [0.05, 0.1) is 12.5 Å². The van der Waals surface area contributed by atoms with E-state index in [0.29, 0.717) is 13.2 Å². The molecule has 0 saturated carbocycles. The summed E-state index contributed by atoms with van der Waals surface area (Å²) in [6, 6.07) is 5.46. The summed E-state index contributed by atoms with van der Waals surface area (Å²) in [7, 11) is 0. The Morgan fingerprint density at radius 1 is 1.23 bits per heavy atom. The number of ether oxygens (including phenoxy) is 2. The lowest BCUT2D eigenvalue weighted by Crippen LogP contribution is -2.36. The second-order valence-corrected chi connectivity index (χ2v) is 4.90. The van der Waals surface area contributed by atoms with Gasteiger partial charge >= 0.3 is 12.3 Å². The molecule has 0 heterocycles. The van der Waals surface area contributed by atoms with E-state index in [1.807, 2.05) is 6.92 Å². The van der Waals surface area contributed by atoms with Gasteiger partial charge in [0.2, 0.25) is 0 Å². The molecule has 0 fully saturated rings. The fourth-order valence-electron chi connectivity index (χ4n) is 1.74. The van der Waals surface area contributed by atoms with Gasteiger partial charge in [-0.2, -0.15) is 0 Å². The van der Waals surface area contributed by atoms with Gasteiger partial charge in [-0.1, -0.05) is 19.1 Å². The molecule has 2 unspecified atom stereocenters. The molecule has 1 rings (SSSR count). The summed E-state index contributed by atoms with van der Waals surface area (Å²) < 4.78 is 44.9. The molecule has 2 atom stereocenters. The number of carbonyl (C=O) groups excluding carboxylic acids is 1. The van der Waals surface area contributed by atoms with Crippen molar-refractivity contribution in [2.75, 3.05) is 6.61 Å². The lowest BCUT2D eigenvalue weighted by molar-refractivity contribution is -0.274. The van der Waals surface area contributed by atoms with Crippen LogP contribution < -0.4 is 10.1 Å². The third-order valence-corrected chi connectivity index (χ3v) is 3.19. The third-order valence-electron chi connectivity index (χ3n) is 3.19. The van der Waals surface area contributed by atoms with Crippen molar-refractivity contribution in [3.8, 4) is 5.75 Å². The van der Waals surface area contributed by atoms with Crippen LogP contribution in [0, 0.1) is 5.92 Å². The Morgan fingerprint density at radius 3 is 2.32 bits per heavy atom. The Balaban J connectivity index is 2.49. The molecule has 1 N–H and O–H groups in total. The number of halogens is 3. The summed E-state index contributed by atoms with van der Waals surface area (Å²) in [5.41, 5.74) is 0.789. The number of alkyl halides is 3. The van der Waals surface area contributed by atoms with Gasteiger partial charge in [-0.25, -0.2) is 0 Å². The van der Waals surface area contributed by atoms with Crippen LogP contribution in [0.1, 0.15) is 26.3 Å². The first kappa shape index (κ1) is 18.3. The molecule has 0 aliphatic rings. The highest BCUT2D eigenvalue weighted by Gasteiger charge is 2.30. The van der Waals surface area contributed by atoms with Crippen molar-refractivity contribution < 1.29 is 27.4 Å². The highest BCUT2D eigenvalue weighted by molar-refractivity contribution is 5.72. The number of benzene rings is 1. The predicted octanol–water partition coefficient (Wildman–Crippen LogP) is 3.26. The number of hydrogen-bond donors (Lipinski definition) is 1. The van der Waals surface area contributed by atoms with Gasteiger partial charge in [-0.05, 0) is 31.5 Å². The molecule has 22 heavy (non-hydrogen) atoms. The predicted molar refractivity (Wildman–Crippen MR) is 75.2 cm³/mol. The van der Waals surface area contributed by atoms with E-state index in [4.69, 9.17) is 4.74 Å². The average Bonchev–Trinajstić information content (AvgIpc) is 2.44. The van der Waals surface area contributed by atoms with E-state index >= 15 is 0 Å². The van der Waals surface area contributed by atoms with E-state index in [0.717, 1.165) is 5.56 Å². The SMILES string of the molecule is CCOC(=O)C(C)C(C)NCc1ccc(OC(F)(F)F)cc1. The summed E-state index contributed by atoms with van der Waals surface area (Å²) in [5.74, 6) is -0.853. The first-order valence-corrected chi connectivity index (χ1v) is 6.97. The normalized spacial score (nSPS) is 14.3. The standard InChI is InChI=1S/C15H20F3NO3/c1-4-21-14(20)10(2)11(3)19-9-12-5-7-13(8-6-12)22-15(16,17)18/h5-8,10-11,19H,4,9H2,1-3H3. The smallest absolute Gasteiger partial charge is 0.466 e. The molecule has 1 aromatic rings. The molecule has 0 aromatic heterocycles. The number of nitrogens with one attached hydrogen (secondary N) is 1. The molecule has 4 nitrogen and oxygen atoms in total. The van der Waals surface area contributed by atoms with Gasteiger partial charge in [0.15, 0.2) is 0 Å². The zero-order valence-electron chi connectivity index (χ0n) is 12.7. The molecule has 0 saturated heterocycles. The summed E-state index contributed by atoms with van der Waals surface area (Å²) >= 11 is 0. The van der Waals surface area contributed by atoms with Gasteiger partial charge in [-0.3, -0.25) is 4.79 Å². The number of hydrogen-bond acceptors (Lipinski definition) is 4. The fraction of sp³-hybridized carbons (Fsp3) is 0.533. The summed E-state index contributed by atoms with van der Waals surface area (Å²) in [5, 5.41) is 3.14. The Hall–Kier alpha value is -1.76. The van der Waals surface area contributed by atoms with E-state index < -0.39 is 6.36 Å². The minimum Gasteiger partial charge on any atom is -0.466 e. The zero-order chi connectivity index (χ0) is 16.8.